The zero-order chi connectivity index (χ0) is 13.7. The highest BCUT2D eigenvalue weighted by Gasteiger charge is 2.26. The van der Waals surface area contributed by atoms with E-state index in [9.17, 15) is 0 Å². The van der Waals surface area contributed by atoms with Crippen molar-refractivity contribution in [1.82, 2.24) is 10.3 Å². The Morgan fingerprint density at radius 2 is 2.32 bits per heavy atom. The largest absolute Gasteiger partial charge is 0.489 e. The Morgan fingerprint density at radius 1 is 1.47 bits per heavy atom. The molecule has 2 atom stereocenters. The summed E-state index contributed by atoms with van der Waals surface area (Å²) < 4.78 is 5.75. The maximum atomic E-state index is 5.75. The zero-order valence-electron chi connectivity index (χ0n) is 12.1. The quantitative estimate of drug-likeness (QED) is 0.866. The highest BCUT2D eigenvalue weighted by molar-refractivity contribution is 8.00. The maximum absolute atomic E-state index is 5.75. The molecule has 1 N–H and O–H groups in total. The van der Waals surface area contributed by atoms with Crippen LogP contribution in [0.2, 0.25) is 0 Å². The number of ether oxygens (including phenoxy) is 1. The van der Waals surface area contributed by atoms with Crippen LogP contribution in [0.25, 0.3) is 0 Å². The molecule has 1 aliphatic rings. The van der Waals surface area contributed by atoms with E-state index >= 15 is 0 Å². The molecular weight excluding hydrogens is 256 g/mol. The first-order chi connectivity index (χ1) is 9.20. The van der Waals surface area contributed by atoms with Gasteiger partial charge in [-0.15, -0.1) is 0 Å². The molecular formula is C15H24N2OS. The minimum atomic E-state index is 0.190. The maximum Gasteiger partial charge on any atom is 0.138 e. The van der Waals surface area contributed by atoms with Crippen LogP contribution < -0.4 is 10.1 Å². The fourth-order valence-electron chi connectivity index (χ4n) is 2.49. The summed E-state index contributed by atoms with van der Waals surface area (Å²) >= 11 is 2.07. The predicted octanol–water partition coefficient (Wildman–Crippen LogP) is 3.42. The number of nitrogens with one attached hydrogen (secondary N) is 1. The Balaban J connectivity index is 2.15. The van der Waals surface area contributed by atoms with Gasteiger partial charge in [-0.1, -0.05) is 6.92 Å². The molecule has 4 heteroatoms. The second-order valence-electron chi connectivity index (χ2n) is 5.21. The molecule has 0 aromatic carbocycles. The first-order valence-corrected chi connectivity index (χ1v) is 8.22. The van der Waals surface area contributed by atoms with Crippen molar-refractivity contribution in [3.63, 3.8) is 0 Å². The Labute approximate surface area is 120 Å². The third-order valence-electron chi connectivity index (χ3n) is 3.23. The monoisotopic (exact) mass is 280 g/mol. The molecule has 1 fully saturated rings. The van der Waals surface area contributed by atoms with E-state index in [1.807, 2.05) is 20.0 Å². The van der Waals surface area contributed by atoms with Gasteiger partial charge >= 0.3 is 0 Å². The third-order valence-corrected chi connectivity index (χ3v) is 4.69. The normalized spacial score (nSPS) is 20.7. The van der Waals surface area contributed by atoms with Gasteiger partial charge < -0.3 is 10.1 Å². The molecule has 0 bridgehead atoms. The van der Waals surface area contributed by atoms with Crippen LogP contribution in [-0.4, -0.2) is 28.6 Å². The molecule has 106 valence electrons. The van der Waals surface area contributed by atoms with E-state index in [2.05, 4.69) is 35.1 Å². The molecule has 2 rings (SSSR count). The summed E-state index contributed by atoms with van der Waals surface area (Å²) in [6, 6.07) is 2.53. The number of hydrogen-bond donors (Lipinski definition) is 1. The summed E-state index contributed by atoms with van der Waals surface area (Å²) in [6.07, 6.45) is 6.58. The molecule has 3 nitrogen and oxygen atoms in total. The molecule has 19 heavy (non-hydrogen) atoms. The summed E-state index contributed by atoms with van der Waals surface area (Å²) in [4.78, 5) is 4.34. The lowest BCUT2D eigenvalue weighted by Crippen LogP contribution is -2.29. The van der Waals surface area contributed by atoms with Crippen molar-refractivity contribution in [2.24, 2.45) is 0 Å². The van der Waals surface area contributed by atoms with Crippen molar-refractivity contribution in [3.8, 4) is 5.75 Å². The van der Waals surface area contributed by atoms with E-state index in [0.717, 1.165) is 12.3 Å². The van der Waals surface area contributed by atoms with Crippen molar-refractivity contribution in [2.75, 3.05) is 12.3 Å². The van der Waals surface area contributed by atoms with Gasteiger partial charge in [-0.3, -0.25) is 4.98 Å². The zero-order valence-corrected chi connectivity index (χ0v) is 12.9. The standard InChI is InChI=1S/C15H24N2OS/c1-4-17-15(14-6-5-7-19-14)12-8-13(10-16-9-12)18-11(2)3/h8-11,14-15,17H,4-7H2,1-3H3. The molecule has 1 aliphatic heterocycles. The van der Waals surface area contributed by atoms with Gasteiger partial charge in [0.1, 0.15) is 5.75 Å². The van der Waals surface area contributed by atoms with E-state index < -0.39 is 0 Å². The van der Waals surface area contributed by atoms with Crippen molar-refractivity contribution in [1.29, 1.82) is 0 Å². The van der Waals surface area contributed by atoms with Gasteiger partial charge in [0, 0.05) is 17.5 Å². The lowest BCUT2D eigenvalue weighted by Gasteiger charge is -2.24. The van der Waals surface area contributed by atoms with Gasteiger partial charge in [0.2, 0.25) is 0 Å². The van der Waals surface area contributed by atoms with Gasteiger partial charge in [0.15, 0.2) is 0 Å². The fraction of sp³-hybridized carbons (Fsp3) is 0.667. The molecule has 0 aliphatic carbocycles. The van der Waals surface area contributed by atoms with Gasteiger partial charge in [-0.25, -0.2) is 0 Å². The van der Waals surface area contributed by atoms with Crippen LogP contribution in [0.15, 0.2) is 18.5 Å². The van der Waals surface area contributed by atoms with E-state index in [1.165, 1.54) is 24.2 Å². The van der Waals surface area contributed by atoms with Crippen LogP contribution in [0.4, 0.5) is 0 Å². The number of aromatic nitrogens is 1. The summed E-state index contributed by atoms with van der Waals surface area (Å²) in [6.45, 7) is 7.23. The lowest BCUT2D eigenvalue weighted by atomic mass is 10.0. The first-order valence-electron chi connectivity index (χ1n) is 7.17. The summed E-state index contributed by atoms with van der Waals surface area (Å²) in [5, 5.41) is 4.27. The molecule has 1 aromatic heterocycles. The Bertz CT molecular complexity index is 391. The lowest BCUT2D eigenvalue weighted by molar-refractivity contribution is 0.241. The van der Waals surface area contributed by atoms with Crippen molar-refractivity contribution < 1.29 is 4.74 Å². The SMILES string of the molecule is CCNC(c1cncc(OC(C)C)c1)C1CCCS1. The van der Waals surface area contributed by atoms with Crippen LogP contribution in [0, 0.1) is 0 Å². The first kappa shape index (κ1) is 14.7. The van der Waals surface area contributed by atoms with Gasteiger partial charge in [-0.2, -0.15) is 11.8 Å². The number of hydrogen-bond acceptors (Lipinski definition) is 4. The number of rotatable bonds is 6. The highest BCUT2D eigenvalue weighted by atomic mass is 32.2. The van der Waals surface area contributed by atoms with Crippen LogP contribution in [0.5, 0.6) is 5.75 Å². The van der Waals surface area contributed by atoms with Gasteiger partial charge in [0.25, 0.3) is 0 Å². The van der Waals surface area contributed by atoms with E-state index in [-0.39, 0.29) is 6.10 Å². The van der Waals surface area contributed by atoms with Crippen LogP contribution in [0.1, 0.15) is 45.2 Å². The van der Waals surface area contributed by atoms with Gasteiger partial charge in [0.05, 0.1) is 12.3 Å². The average Bonchev–Trinajstić information content (AvgIpc) is 2.89. The molecule has 0 radical (unpaired) electrons. The Morgan fingerprint density at radius 3 is 2.95 bits per heavy atom. The molecule has 0 saturated carbocycles. The van der Waals surface area contributed by atoms with Crippen molar-refractivity contribution in [3.05, 3.63) is 24.0 Å². The van der Waals surface area contributed by atoms with Crippen LogP contribution in [-0.2, 0) is 0 Å². The molecule has 0 amide bonds. The van der Waals surface area contributed by atoms with E-state index in [4.69, 9.17) is 4.74 Å². The number of thioether (sulfide) groups is 1. The third kappa shape index (κ3) is 4.11. The fourth-order valence-corrected chi connectivity index (χ4v) is 3.91. The molecule has 2 unspecified atom stereocenters. The Hall–Kier alpha value is -0.740. The second kappa shape index (κ2) is 7.15. The smallest absolute Gasteiger partial charge is 0.138 e. The minimum absolute atomic E-state index is 0.190. The molecule has 1 saturated heterocycles. The van der Waals surface area contributed by atoms with Crippen LogP contribution >= 0.6 is 11.8 Å². The van der Waals surface area contributed by atoms with E-state index in [1.54, 1.807) is 6.20 Å². The summed E-state index contributed by atoms with van der Waals surface area (Å²) in [5.41, 5.74) is 1.25. The summed E-state index contributed by atoms with van der Waals surface area (Å²) in [5.74, 6) is 2.15. The second-order valence-corrected chi connectivity index (χ2v) is 6.55. The summed E-state index contributed by atoms with van der Waals surface area (Å²) in [7, 11) is 0. The molecule has 0 spiro atoms. The minimum Gasteiger partial charge on any atom is -0.489 e. The van der Waals surface area contributed by atoms with Gasteiger partial charge in [-0.05, 0) is 50.6 Å². The molecule has 1 aromatic rings. The highest BCUT2D eigenvalue weighted by Crippen LogP contribution is 2.36. The predicted molar refractivity (Wildman–Crippen MR) is 81.9 cm³/mol. The van der Waals surface area contributed by atoms with Crippen LogP contribution in [0.3, 0.4) is 0 Å². The molecule has 2 heterocycles. The topological polar surface area (TPSA) is 34.2 Å². The van der Waals surface area contributed by atoms with Crippen molar-refractivity contribution >= 4 is 11.8 Å². The van der Waals surface area contributed by atoms with Crippen molar-refractivity contribution in [2.45, 2.75) is 51.0 Å². The average molecular weight is 280 g/mol. The van der Waals surface area contributed by atoms with E-state index in [0.29, 0.717) is 11.3 Å². The number of pyridine rings is 1. The number of nitrogens with zero attached hydrogens (tertiary/aromatic N) is 1. The Kier molecular flexibility index (Phi) is 5.52.